The molecule has 0 unspecified atom stereocenters. The third-order valence-electron chi connectivity index (χ3n) is 2.32. The number of rotatable bonds is 6. The fraction of sp³-hybridized carbons (Fsp3) is 0.583. The van der Waals surface area contributed by atoms with Gasteiger partial charge in [0, 0.05) is 19.2 Å². The maximum absolute atomic E-state index is 8.69. The molecule has 0 aliphatic heterocycles. The molecule has 6 nitrogen and oxygen atoms in total. The molecule has 0 aliphatic rings. The van der Waals surface area contributed by atoms with Crippen molar-refractivity contribution in [3.63, 3.8) is 0 Å². The van der Waals surface area contributed by atoms with E-state index in [0.717, 1.165) is 6.54 Å². The van der Waals surface area contributed by atoms with E-state index >= 15 is 0 Å². The van der Waals surface area contributed by atoms with Crippen molar-refractivity contribution in [3.05, 3.63) is 6.07 Å². The second-order valence-corrected chi connectivity index (χ2v) is 4.37. The second-order valence-electron chi connectivity index (χ2n) is 4.37. The van der Waals surface area contributed by atoms with Crippen LogP contribution >= 0.6 is 0 Å². The first-order valence-corrected chi connectivity index (χ1v) is 5.87. The number of nitriles is 1. The number of methoxy groups -OCH3 is 1. The molecule has 0 bridgehead atoms. The van der Waals surface area contributed by atoms with Crippen LogP contribution in [0.1, 0.15) is 20.3 Å². The Morgan fingerprint density at radius 1 is 1.50 bits per heavy atom. The van der Waals surface area contributed by atoms with Gasteiger partial charge in [-0.3, -0.25) is 0 Å². The molecule has 18 heavy (non-hydrogen) atoms. The summed E-state index contributed by atoms with van der Waals surface area (Å²) in [5.41, 5.74) is 5.64. The van der Waals surface area contributed by atoms with Gasteiger partial charge in [-0.2, -0.15) is 15.2 Å². The summed E-state index contributed by atoms with van der Waals surface area (Å²) in [6, 6.07) is 3.87. The fourth-order valence-electron chi connectivity index (χ4n) is 1.62. The molecule has 1 aromatic rings. The van der Waals surface area contributed by atoms with E-state index in [4.69, 9.17) is 15.7 Å². The molecule has 0 saturated carbocycles. The van der Waals surface area contributed by atoms with Gasteiger partial charge in [0.05, 0.1) is 19.6 Å². The van der Waals surface area contributed by atoms with Gasteiger partial charge in [0.25, 0.3) is 0 Å². The molecule has 0 atom stereocenters. The zero-order valence-corrected chi connectivity index (χ0v) is 11.1. The molecule has 0 fully saturated rings. The third kappa shape index (κ3) is 4.09. The van der Waals surface area contributed by atoms with Crippen LogP contribution in [-0.2, 0) is 0 Å². The molecule has 0 aliphatic carbocycles. The van der Waals surface area contributed by atoms with Crippen molar-refractivity contribution in [2.45, 2.75) is 20.3 Å². The Kier molecular flexibility index (Phi) is 5.18. The molecule has 2 N–H and O–H groups in total. The van der Waals surface area contributed by atoms with Gasteiger partial charge in [0.15, 0.2) is 0 Å². The van der Waals surface area contributed by atoms with Gasteiger partial charge in [-0.1, -0.05) is 13.8 Å². The van der Waals surface area contributed by atoms with Crippen LogP contribution in [0.5, 0.6) is 5.88 Å². The van der Waals surface area contributed by atoms with E-state index in [9.17, 15) is 0 Å². The average Bonchev–Trinajstić information content (AvgIpc) is 2.33. The van der Waals surface area contributed by atoms with Crippen LogP contribution in [0.15, 0.2) is 6.07 Å². The summed E-state index contributed by atoms with van der Waals surface area (Å²) >= 11 is 0. The van der Waals surface area contributed by atoms with Crippen LogP contribution in [0.2, 0.25) is 0 Å². The lowest BCUT2D eigenvalue weighted by Gasteiger charge is -2.24. The lowest BCUT2D eigenvalue weighted by atomic mass is 10.2. The summed E-state index contributed by atoms with van der Waals surface area (Å²) in [5.74, 6) is 1.77. The number of nitrogens with two attached hydrogens (primary N) is 1. The van der Waals surface area contributed by atoms with Crippen LogP contribution in [-0.4, -0.2) is 30.2 Å². The summed E-state index contributed by atoms with van der Waals surface area (Å²) in [6.45, 7) is 5.65. The van der Waals surface area contributed by atoms with E-state index in [1.807, 2.05) is 4.90 Å². The number of nitrogens with zero attached hydrogens (tertiary/aromatic N) is 4. The van der Waals surface area contributed by atoms with Crippen molar-refractivity contribution in [2.75, 3.05) is 30.8 Å². The molecule has 1 rings (SSSR count). The van der Waals surface area contributed by atoms with Crippen LogP contribution in [0.25, 0.3) is 0 Å². The molecular formula is C12H19N5O. The van der Waals surface area contributed by atoms with Crippen molar-refractivity contribution in [1.82, 2.24) is 9.97 Å². The average molecular weight is 249 g/mol. The number of hydrogen-bond donors (Lipinski definition) is 1. The highest BCUT2D eigenvalue weighted by Crippen LogP contribution is 2.19. The first kappa shape index (κ1) is 14.0. The lowest BCUT2D eigenvalue weighted by Crippen LogP contribution is -2.29. The minimum Gasteiger partial charge on any atom is -0.481 e. The summed E-state index contributed by atoms with van der Waals surface area (Å²) in [6.07, 6.45) is 0.443. The quantitative estimate of drug-likeness (QED) is 0.820. The topological polar surface area (TPSA) is 88.1 Å². The van der Waals surface area contributed by atoms with E-state index in [1.165, 1.54) is 7.11 Å². The maximum atomic E-state index is 8.69. The molecule has 0 spiro atoms. The number of ether oxygens (including phenoxy) is 1. The van der Waals surface area contributed by atoms with Gasteiger partial charge in [-0.15, -0.1) is 0 Å². The molecule has 0 saturated heterocycles. The Labute approximate surface area is 107 Å². The maximum Gasteiger partial charge on any atom is 0.225 e. The fourth-order valence-corrected chi connectivity index (χ4v) is 1.62. The van der Waals surface area contributed by atoms with Crippen LogP contribution in [0.4, 0.5) is 11.8 Å². The molecule has 1 aromatic heterocycles. The highest BCUT2D eigenvalue weighted by molar-refractivity contribution is 5.45. The Morgan fingerprint density at radius 3 is 2.78 bits per heavy atom. The summed E-state index contributed by atoms with van der Waals surface area (Å²) in [4.78, 5) is 10.2. The number of nitrogen functional groups attached to an aromatic ring is 1. The Balaban J connectivity index is 2.96. The van der Waals surface area contributed by atoms with Crippen molar-refractivity contribution in [2.24, 2.45) is 5.92 Å². The molecule has 98 valence electrons. The predicted molar refractivity (Wildman–Crippen MR) is 70.3 cm³/mol. The minimum absolute atomic E-state index is 0.176. The van der Waals surface area contributed by atoms with E-state index < -0.39 is 0 Å². The molecule has 0 radical (unpaired) electrons. The highest BCUT2D eigenvalue weighted by atomic mass is 16.5. The van der Waals surface area contributed by atoms with Crippen LogP contribution in [0, 0.1) is 17.2 Å². The van der Waals surface area contributed by atoms with Gasteiger partial charge in [0.1, 0.15) is 5.82 Å². The summed E-state index contributed by atoms with van der Waals surface area (Å²) < 4.78 is 5.07. The van der Waals surface area contributed by atoms with Gasteiger partial charge in [0.2, 0.25) is 11.8 Å². The zero-order valence-electron chi connectivity index (χ0n) is 11.1. The first-order valence-electron chi connectivity index (χ1n) is 5.87. The first-order chi connectivity index (χ1) is 8.56. The van der Waals surface area contributed by atoms with Crippen molar-refractivity contribution in [3.8, 4) is 11.9 Å². The lowest BCUT2D eigenvalue weighted by molar-refractivity contribution is 0.397. The number of aromatic nitrogens is 2. The second kappa shape index (κ2) is 6.64. The summed E-state index contributed by atoms with van der Waals surface area (Å²) in [5, 5.41) is 8.69. The molecule has 0 aromatic carbocycles. The monoisotopic (exact) mass is 249 g/mol. The van der Waals surface area contributed by atoms with Crippen LogP contribution < -0.4 is 15.4 Å². The third-order valence-corrected chi connectivity index (χ3v) is 2.32. The minimum atomic E-state index is 0.176. The normalized spacial score (nSPS) is 10.2. The van der Waals surface area contributed by atoms with E-state index in [-0.39, 0.29) is 5.95 Å². The zero-order chi connectivity index (χ0) is 13.5. The van der Waals surface area contributed by atoms with Gasteiger partial charge >= 0.3 is 0 Å². The van der Waals surface area contributed by atoms with E-state index in [2.05, 4.69) is 29.9 Å². The van der Waals surface area contributed by atoms with E-state index in [0.29, 0.717) is 30.6 Å². The van der Waals surface area contributed by atoms with Crippen molar-refractivity contribution >= 4 is 11.8 Å². The predicted octanol–water partition coefficient (Wildman–Crippen LogP) is 1.44. The molecule has 6 heteroatoms. The summed E-state index contributed by atoms with van der Waals surface area (Å²) in [7, 11) is 1.54. The molecule has 0 amide bonds. The van der Waals surface area contributed by atoms with Crippen molar-refractivity contribution in [1.29, 1.82) is 5.26 Å². The number of hydrogen-bond acceptors (Lipinski definition) is 6. The van der Waals surface area contributed by atoms with Gasteiger partial charge in [-0.25, -0.2) is 0 Å². The molecule has 1 heterocycles. The standard InChI is InChI=1S/C12H19N5O/c1-9(2)8-17(6-4-5-13)10-7-11(18-3)16-12(14)15-10/h7,9H,4,6,8H2,1-3H3,(H2,14,15,16). The molecular weight excluding hydrogens is 230 g/mol. The Bertz CT molecular complexity index is 427. The van der Waals surface area contributed by atoms with Crippen molar-refractivity contribution < 1.29 is 4.74 Å². The van der Waals surface area contributed by atoms with E-state index in [1.54, 1.807) is 6.07 Å². The Morgan fingerprint density at radius 2 is 2.22 bits per heavy atom. The van der Waals surface area contributed by atoms with Gasteiger partial charge < -0.3 is 15.4 Å². The number of anilines is 2. The SMILES string of the molecule is COc1cc(N(CCC#N)CC(C)C)nc(N)n1. The largest absolute Gasteiger partial charge is 0.481 e. The van der Waals surface area contributed by atoms with Gasteiger partial charge in [-0.05, 0) is 5.92 Å². The smallest absolute Gasteiger partial charge is 0.225 e. The van der Waals surface area contributed by atoms with Crippen LogP contribution in [0.3, 0.4) is 0 Å². The highest BCUT2D eigenvalue weighted by Gasteiger charge is 2.12. The Hall–Kier alpha value is -2.03.